The molecule has 0 saturated carbocycles. The highest BCUT2D eigenvalue weighted by Gasteiger charge is 2.42. The van der Waals surface area contributed by atoms with Crippen molar-refractivity contribution in [3.05, 3.63) is 53.1 Å². The van der Waals surface area contributed by atoms with Gasteiger partial charge in [-0.3, -0.25) is 19.3 Å². The van der Waals surface area contributed by atoms with Crippen molar-refractivity contribution in [1.82, 2.24) is 4.90 Å². The molecule has 0 saturated heterocycles. The second-order valence-corrected chi connectivity index (χ2v) is 8.82. The van der Waals surface area contributed by atoms with Crippen LogP contribution in [0.1, 0.15) is 46.5 Å². The summed E-state index contributed by atoms with van der Waals surface area (Å²) >= 11 is 1.55. The molecule has 2 aliphatic heterocycles. The molecule has 2 aliphatic rings. The van der Waals surface area contributed by atoms with Gasteiger partial charge in [-0.15, -0.1) is 0 Å². The van der Waals surface area contributed by atoms with Crippen molar-refractivity contribution in [2.45, 2.75) is 38.8 Å². The van der Waals surface area contributed by atoms with Gasteiger partial charge in [-0.1, -0.05) is 12.1 Å². The molecule has 2 heterocycles. The molecule has 0 bridgehead atoms. The SMILES string of the molecule is CCOc1cc2c(cc1NC(=O)[C@@H](CCSC)N1C(=O)c3ccccc3C1=O)O[C@H](C)C2. The molecule has 0 spiro atoms. The summed E-state index contributed by atoms with van der Waals surface area (Å²) in [6, 6.07) is 9.37. The number of nitrogens with zero attached hydrogens (tertiary/aromatic N) is 1. The van der Waals surface area contributed by atoms with Gasteiger partial charge in [0.25, 0.3) is 11.8 Å². The Morgan fingerprint density at radius 3 is 2.56 bits per heavy atom. The van der Waals surface area contributed by atoms with Crippen molar-refractivity contribution < 1.29 is 23.9 Å². The van der Waals surface area contributed by atoms with E-state index in [4.69, 9.17) is 9.47 Å². The number of hydrogen-bond donors (Lipinski definition) is 1. The maximum atomic E-state index is 13.4. The fraction of sp³-hybridized carbons (Fsp3) is 0.375. The zero-order valence-electron chi connectivity index (χ0n) is 18.3. The number of amides is 3. The minimum absolute atomic E-state index is 0.0538. The molecule has 0 unspecified atom stereocenters. The highest BCUT2D eigenvalue weighted by Crippen LogP contribution is 2.38. The van der Waals surface area contributed by atoms with Crippen molar-refractivity contribution in [3.8, 4) is 11.5 Å². The molecule has 2 atom stereocenters. The van der Waals surface area contributed by atoms with Crippen LogP contribution in [0.15, 0.2) is 36.4 Å². The zero-order chi connectivity index (χ0) is 22.8. The van der Waals surface area contributed by atoms with Gasteiger partial charge in [0.15, 0.2) is 0 Å². The fourth-order valence-electron chi connectivity index (χ4n) is 4.13. The van der Waals surface area contributed by atoms with E-state index in [9.17, 15) is 14.4 Å². The van der Waals surface area contributed by atoms with Gasteiger partial charge in [-0.25, -0.2) is 0 Å². The van der Waals surface area contributed by atoms with Gasteiger partial charge in [0, 0.05) is 18.1 Å². The minimum atomic E-state index is -0.933. The Morgan fingerprint density at radius 1 is 1.25 bits per heavy atom. The number of ether oxygens (including phenoxy) is 2. The van der Waals surface area contributed by atoms with Crippen LogP contribution in [-0.2, 0) is 11.2 Å². The number of carbonyl (C=O) groups excluding carboxylic acids is 3. The number of hydrogen-bond acceptors (Lipinski definition) is 6. The Hall–Kier alpha value is -3.00. The summed E-state index contributed by atoms with van der Waals surface area (Å²) in [6.45, 7) is 4.30. The molecule has 7 nitrogen and oxygen atoms in total. The molecule has 32 heavy (non-hydrogen) atoms. The predicted octanol–water partition coefficient (Wildman–Crippen LogP) is 3.77. The summed E-state index contributed by atoms with van der Waals surface area (Å²) in [5.74, 6) is 0.557. The Balaban J connectivity index is 1.63. The molecule has 1 N–H and O–H groups in total. The average Bonchev–Trinajstić information content (AvgIpc) is 3.25. The Labute approximate surface area is 191 Å². The summed E-state index contributed by atoms with van der Waals surface area (Å²) in [4.78, 5) is 40.5. The lowest BCUT2D eigenvalue weighted by molar-refractivity contribution is -0.120. The number of benzene rings is 2. The first-order valence-corrected chi connectivity index (χ1v) is 12.1. The molecule has 0 aromatic heterocycles. The summed E-state index contributed by atoms with van der Waals surface area (Å²) in [6.07, 6.45) is 3.09. The second-order valence-electron chi connectivity index (χ2n) is 7.83. The van der Waals surface area contributed by atoms with Crippen LogP contribution in [0.3, 0.4) is 0 Å². The van der Waals surface area contributed by atoms with Crippen molar-refractivity contribution >= 4 is 35.2 Å². The summed E-state index contributed by atoms with van der Waals surface area (Å²) in [7, 11) is 0. The monoisotopic (exact) mass is 454 g/mol. The van der Waals surface area contributed by atoms with E-state index >= 15 is 0 Å². The maximum absolute atomic E-state index is 13.4. The molecule has 0 fully saturated rings. The lowest BCUT2D eigenvalue weighted by atomic mass is 10.1. The minimum Gasteiger partial charge on any atom is -0.492 e. The Kier molecular flexibility index (Phi) is 6.41. The standard InChI is InChI=1S/C24H26N2O5S/c1-4-30-21-12-15-11-14(2)31-20(15)13-18(21)25-22(27)19(9-10-32-3)26-23(28)16-7-5-6-8-17(16)24(26)29/h5-8,12-14,19H,4,9-11H2,1-3H3,(H,25,27)/t14-,19-/m1/s1. The van der Waals surface area contributed by atoms with Crippen molar-refractivity contribution in [2.24, 2.45) is 0 Å². The van der Waals surface area contributed by atoms with E-state index in [-0.39, 0.29) is 6.10 Å². The molecule has 4 rings (SSSR count). The molecular weight excluding hydrogens is 428 g/mol. The average molecular weight is 455 g/mol. The van der Waals surface area contributed by atoms with Crippen LogP contribution in [0.5, 0.6) is 11.5 Å². The molecule has 2 aromatic carbocycles. The third-order valence-electron chi connectivity index (χ3n) is 5.59. The van der Waals surface area contributed by atoms with E-state index in [1.165, 1.54) is 0 Å². The van der Waals surface area contributed by atoms with Crippen LogP contribution in [0.4, 0.5) is 5.69 Å². The quantitative estimate of drug-likeness (QED) is 0.612. The van der Waals surface area contributed by atoms with E-state index in [1.807, 2.05) is 26.2 Å². The number of nitrogens with one attached hydrogen (secondary N) is 1. The number of carbonyl (C=O) groups is 3. The van der Waals surface area contributed by atoms with Gasteiger partial charge in [-0.2, -0.15) is 11.8 Å². The molecular formula is C24H26N2O5S. The first-order valence-electron chi connectivity index (χ1n) is 10.7. The number of imide groups is 1. The molecule has 8 heteroatoms. The van der Waals surface area contributed by atoms with Gasteiger partial charge in [0.2, 0.25) is 5.91 Å². The first kappa shape index (κ1) is 22.2. The number of thioether (sulfide) groups is 1. The van der Waals surface area contributed by atoms with Gasteiger partial charge in [-0.05, 0) is 50.5 Å². The molecule has 0 aliphatic carbocycles. The maximum Gasteiger partial charge on any atom is 0.262 e. The van der Waals surface area contributed by atoms with E-state index in [0.29, 0.717) is 47.1 Å². The Bertz CT molecular complexity index is 1040. The van der Waals surface area contributed by atoms with E-state index in [1.54, 1.807) is 42.1 Å². The number of fused-ring (bicyclic) bond motifs is 2. The number of anilines is 1. The fourth-order valence-corrected chi connectivity index (χ4v) is 4.58. The lowest BCUT2D eigenvalue weighted by Gasteiger charge is -2.25. The first-order chi connectivity index (χ1) is 15.4. The predicted molar refractivity (Wildman–Crippen MR) is 124 cm³/mol. The largest absolute Gasteiger partial charge is 0.492 e. The summed E-state index contributed by atoms with van der Waals surface area (Å²) < 4.78 is 11.6. The van der Waals surface area contributed by atoms with Crippen LogP contribution in [0.2, 0.25) is 0 Å². The normalized spacial score (nSPS) is 17.6. The molecule has 0 radical (unpaired) electrons. The van der Waals surface area contributed by atoms with Crippen LogP contribution in [-0.4, -0.2) is 53.4 Å². The molecule has 3 amide bonds. The topological polar surface area (TPSA) is 84.9 Å². The third-order valence-corrected chi connectivity index (χ3v) is 6.24. The molecule has 168 valence electrons. The lowest BCUT2D eigenvalue weighted by Crippen LogP contribution is -2.47. The molecule has 2 aromatic rings. The van der Waals surface area contributed by atoms with Crippen molar-refractivity contribution in [2.75, 3.05) is 23.9 Å². The van der Waals surface area contributed by atoms with Gasteiger partial charge >= 0.3 is 0 Å². The van der Waals surface area contributed by atoms with E-state index in [2.05, 4.69) is 5.32 Å². The smallest absolute Gasteiger partial charge is 0.262 e. The van der Waals surface area contributed by atoms with Gasteiger partial charge in [0.1, 0.15) is 23.6 Å². The van der Waals surface area contributed by atoms with Crippen LogP contribution >= 0.6 is 11.8 Å². The van der Waals surface area contributed by atoms with Crippen molar-refractivity contribution in [3.63, 3.8) is 0 Å². The van der Waals surface area contributed by atoms with E-state index < -0.39 is 23.8 Å². The highest BCUT2D eigenvalue weighted by molar-refractivity contribution is 7.98. The van der Waals surface area contributed by atoms with E-state index in [0.717, 1.165) is 16.9 Å². The van der Waals surface area contributed by atoms with Crippen LogP contribution < -0.4 is 14.8 Å². The van der Waals surface area contributed by atoms with Crippen molar-refractivity contribution in [1.29, 1.82) is 0 Å². The summed E-state index contributed by atoms with van der Waals surface area (Å²) in [5, 5.41) is 2.89. The number of rotatable bonds is 8. The van der Waals surface area contributed by atoms with Crippen LogP contribution in [0, 0.1) is 0 Å². The van der Waals surface area contributed by atoms with Gasteiger partial charge in [0.05, 0.1) is 23.4 Å². The zero-order valence-corrected chi connectivity index (χ0v) is 19.2. The third kappa shape index (κ3) is 4.07. The Morgan fingerprint density at radius 2 is 1.94 bits per heavy atom. The second kappa shape index (κ2) is 9.24. The summed E-state index contributed by atoms with van der Waals surface area (Å²) in [5.41, 5.74) is 2.15. The van der Waals surface area contributed by atoms with Crippen LogP contribution in [0.25, 0.3) is 0 Å². The highest BCUT2D eigenvalue weighted by atomic mass is 32.2. The van der Waals surface area contributed by atoms with Gasteiger partial charge < -0.3 is 14.8 Å².